The molecule has 2 fully saturated rings. The SMILES string of the molecule is O=C(c1ccc2c(c1)OCO2)N1C2CCC1CN(Cc1cccnc1)C2. The molecule has 1 amide bonds. The second-order valence-corrected chi connectivity index (χ2v) is 7.22. The number of ether oxygens (including phenoxy) is 2. The van der Waals surface area contributed by atoms with Gasteiger partial charge in [0, 0.05) is 49.7 Å². The highest BCUT2D eigenvalue weighted by Crippen LogP contribution is 2.36. The summed E-state index contributed by atoms with van der Waals surface area (Å²) < 4.78 is 10.8. The van der Waals surface area contributed by atoms with Gasteiger partial charge in [0.05, 0.1) is 0 Å². The number of benzene rings is 1. The fraction of sp³-hybridized carbons (Fsp3) is 0.400. The Bertz CT molecular complexity index is 812. The average Bonchev–Trinajstić information content (AvgIpc) is 3.24. The number of hydrogen-bond donors (Lipinski definition) is 0. The maximum Gasteiger partial charge on any atom is 0.254 e. The predicted octanol–water partition coefficient (Wildman–Crippen LogP) is 2.30. The average molecular weight is 351 g/mol. The van der Waals surface area contributed by atoms with E-state index in [0.717, 1.165) is 32.5 Å². The molecule has 0 spiro atoms. The van der Waals surface area contributed by atoms with Crippen molar-refractivity contribution in [2.24, 2.45) is 0 Å². The van der Waals surface area contributed by atoms with E-state index < -0.39 is 0 Å². The molecule has 1 aromatic carbocycles. The Labute approximate surface area is 152 Å². The lowest BCUT2D eigenvalue weighted by molar-refractivity contribution is 0.0405. The van der Waals surface area contributed by atoms with Crippen LogP contribution < -0.4 is 9.47 Å². The highest BCUT2D eigenvalue weighted by molar-refractivity contribution is 5.95. The molecule has 26 heavy (non-hydrogen) atoms. The summed E-state index contributed by atoms with van der Waals surface area (Å²) in [5.74, 6) is 1.49. The molecule has 2 unspecified atom stereocenters. The summed E-state index contributed by atoms with van der Waals surface area (Å²) in [6, 6.07) is 10.1. The molecule has 6 nitrogen and oxygen atoms in total. The van der Waals surface area contributed by atoms with E-state index in [4.69, 9.17) is 9.47 Å². The number of piperazine rings is 1. The first kappa shape index (κ1) is 15.6. The molecule has 3 aliphatic rings. The van der Waals surface area contributed by atoms with E-state index in [9.17, 15) is 4.79 Å². The largest absolute Gasteiger partial charge is 0.454 e. The van der Waals surface area contributed by atoms with E-state index in [0.29, 0.717) is 17.1 Å². The molecule has 6 heteroatoms. The van der Waals surface area contributed by atoms with Crippen LogP contribution in [0.25, 0.3) is 0 Å². The van der Waals surface area contributed by atoms with Gasteiger partial charge in [0.2, 0.25) is 6.79 Å². The Balaban J connectivity index is 1.31. The van der Waals surface area contributed by atoms with E-state index in [2.05, 4.69) is 20.9 Å². The standard InChI is InChI=1S/C20H21N3O3/c24-20(15-3-6-18-19(8-15)26-13-25-18)23-16-4-5-17(23)12-22(11-16)10-14-2-1-7-21-9-14/h1-3,6-9,16-17H,4-5,10-13H2. The van der Waals surface area contributed by atoms with Crippen molar-refractivity contribution >= 4 is 5.91 Å². The Hall–Kier alpha value is -2.60. The maximum absolute atomic E-state index is 13.1. The highest BCUT2D eigenvalue weighted by atomic mass is 16.7. The molecule has 0 N–H and O–H groups in total. The van der Waals surface area contributed by atoms with Crippen LogP contribution in [0.4, 0.5) is 0 Å². The third-order valence-corrected chi connectivity index (χ3v) is 5.54. The summed E-state index contributed by atoms with van der Waals surface area (Å²) in [4.78, 5) is 21.9. The van der Waals surface area contributed by atoms with Crippen LogP contribution in [-0.2, 0) is 6.54 Å². The van der Waals surface area contributed by atoms with Gasteiger partial charge in [0.25, 0.3) is 5.91 Å². The zero-order valence-electron chi connectivity index (χ0n) is 14.5. The molecule has 0 radical (unpaired) electrons. The van der Waals surface area contributed by atoms with Gasteiger partial charge in [-0.05, 0) is 42.7 Å². The Morgan fingerprint density at radius 3 is 2.69 bits per heavy atom. The Kier molecular flexibility index (Phi) is 3.78. The molecule has 2 bridgehead atoms. The monoisotopic (exact) mass is 351 g/mol. The number of aromatic nitrogens is 1. The zero-order chi connectivity index (χ0) is 17.5. The fourth-order valence-electron chi connectivity index (χ4n) is 4.38. The molecule has 2 saturated heterocycles. The van der Waals surface area contributed by atoms with Crippen LogP contribution in [0.3, 0.4) is 0 Å². The lowest BCUT2D eigenvalue weighted by Crippen LogP contribution is -2.55. The summed E-state index contributed by atoms with van der Waals surface area (Å²) in [7, 11) is 0. The van der Waals surface area contributed by atoms with Crippen LogP contribution in [0, 0.1) is 0 Å². The highest BCUT2D eigenvalue weighted by Gasteiger charge is 2.42. The zero-order valence-corrected chi connectivity index (χ0v) is 14.5. The van der Waals surface area contributed by atoms with Gasteiger partial charge in [-0.25, -0.2) is 0 Å². The number of fused-ring (bicyclic) bond motifs is 3. The Morgan fingerprint density at radius 1 is 1.12 bits per heavy atom. The molecule has 5 rings (SSSR count). The number of pyridine rings is 1. The summed E-state index contributed by atoms with van der Waals surface area (Å²) in [6.07, 6.45) is 5.87. The smallest absolute Gasteiger partial charge is 0.254 e. The quantitative estimate of drug-likeness (QED) is 0.849. The minimum absolute atomic E-state index is 0.108. The van der Waals surface area contributed by atoms with E-state index in [1.54, 1.807) is 6.20 Å². The number of hydrogen-bond acceptors (Lipinski definition) is 5. The van der Waals surface area contributed by atoms with E-state index in [1.165, 1.54) is 5.56 Å². The Morgan fingerprint density at radius 2 is 1.92 bits per heavy atom. The van der Waals surface area contributed by atoms with Crippen LogP contribution >= 0.6 is 0 Å². The van der Waals surface area contributed by atoms with Gasteiger partial charge in [0.15, 0.2) is 11.5 Å². The number of carbonyl (C=O) groups is 1. The van der Waals surface area contributed by atoms with Gasteiger partial charge >= 0.3 is 0 Å². The van der Waals surface area contributed by atoms with Gasteiger partial charge in [-0.3, -0.25) is 14.7 Å². The van der Waals surface area contributed by atoms with Gasteiger partial charge in [-0.1, -0.05) is 6.07 Å². The van der Waals surface area contributed by atoms with Crippen molar-refractivity contribution in [1.82, 2.24) is 14.8 Å². The van der Waals surface area contributed by atoms with Gasteiger partial charge < -0.3 is 14.4 Å². The summed E-state index contributed by atoms with van der Waals surface area (Å²) in [5.41, 5.74) is 1.91. The molecule has 3 aliphatic heterocycles. The van der Waals surface area contributed by atoms with Gasteiger partial charge in [-0.15, -0.1) is 0 Å². The molecule has 2 atom stereocenters. The third kappa shape index (κ3) is 2.70. The molecular formula is C20H21N3O3. The van der Waals surface area contributed by atoms with Crippen LogP contribution in [-0.4, -0.2) is 52.7 Å². The third-order valence-electron chi connectivity index (χ3n) is 5.54. The molecule has 0 saturated carbocycles. The maximum atomic E-state index is 13.1. The molecule has 134 valence electrons. The summed E-state index contributed by atoms with van der Waals surface area (Å²) in [5, 5.41) is 0. The van der Waals surface area contributed by atoms with Crippen LogP contribution in [0.5, 0.6) is 11.5 Å². The second kappa shape index (κ2) is 6.29. The minimum Gasteiger partial charge on any atom is -0.454 e. The van der Waals surface area contributed by atoms with Crippen molar-refractivity contribution in [3.05, 3.63) is 53.9 Å². The normalized spacial score (nSPS) is 24.1. The molecule has 4 heterocycles. The van der Waals surface area contributed by atoms with E-state index >= 15 is 0 Å². The predicted molar refractivity (Wildman–Crippen MR) is 95.1 cm³/mol. The lowest BCUT2D eigenvalue weighted by atomic mass is 10.1. The number of rotatable bonds is 3. The minimum atomic E-state index is 0.108. The number of nitrogens with zero attached hydrogens (tertiary/aromatic N) is 3. The topological polar surface area (TPSA) is 54.9 Å². The molecule has 1 aromatic heterocycles. The van der Waals surface area contributed by atoms with Crippen molar-refractivity contribution in [1.29, 1.82) is 0 Å². The molecule has 0 aliphatic carbocycles. The van der Waals surface area contributed by atoms with Crippen molar-refractivity contribution in [3.8, 4) is 11.5 Å². The van der Waals surface area contributed by atoms with E-state index in [1.807, 2.05) is 30.5 Å². The van der Waals surface area contributed by atoms with Crippen LogP contribution in [0.2, 0.25) is 0 Å². The van der Waals surface area contributed by atoms with Crippen molar-refractivity contribution in [2.75, 3.05) is 19.9 Å². The molecule has 2 aromatic rings. The lowest BCUT2D eigenvalue weighted by Gasteiger charge is -2.41. The van der Waals surface area contributed by atoms with Crippen molar-refractivity contribution < 1.29 is 14.3 Å². The van der Waals surface area contributed by atoms with Crippen molar-refractivity contribution in [3.63, 3.8) is 0 Å². The van der Waals surface area contributed by atoms with Crippen molar-refractivity contribution in [2.45, 2.75) is 31.5 Å². The summed E-state index contributed by atoms with van der Waals surface area (Å²) >= 11 is 0. The second-order valence-electron chi connectivity index (χ2n) is 7.22. The first-order valence-electron chi connectivity index (χ1n) is 9.11. The molecular weight excluding hydrogens is 330 g/mol. The summed E-state index contributed by atoms with van der Waals surface area (Å²) in [6.45, 7) is 2.96. The first-order chi connectivity index (χ1) is 12.8. The number of carbonyl (C=O) groups excluding carboxylic acids is 1. The van der Waals surface area contributed by atoms with Crippen LogP contribution in [0.1, 0.15) is 28.8 Å². The van der Waals surface area contributed by atoms with Gasteiger partial charge in [0.1, 0.15) is 0 Å². The number of amides is 1. The van der Waals surface area contributed by atoms with E-state index in [-0.39, 0.29) is 24.8 Å². The number of likely N-dealkylation sites (tertiary alicyclic amines) is 1. The first-order valence-corrected chi connectivity index (χ1v) is 9.11. The van der Waals surface area contributed by atoms with Gasteiger partial charge in [-0.2, -0.15) is 0 Å². The van der Waals surface area contributed by atoms with Crippen LogP contribution in [0.15, 0.2) is 42.7 Å². The fourth-order valence-corrected chi connectivity index (χ4v) is 4.38.